The van der Waals surface area contributed by atoms with Gasteiger partial charge in [0.05, 0.1) is 12.7 Å². The van der Waals surface area contributed by atoms with E-state index in [0.29, 0.717) is 12.7 Å². The highest BCUT2D eigenvalue weighted by molar-refractivity contribution is 9.08. The first kappa shape index (κ1) is 15.7. The van der Waals surface area contributed by atoms with Gasteiger partial charge >= 0.3 is 0 Å². The van der Waals surface area contributed by atoms with E-state index < -0.39 is 0 Å². The minimum Gasteiger partial charge on any atom is -0.490 e. The maximum absolute atomic E-state index is 6.32. The Hall–Kier alpha value is -0.700. The molecule has 1 saturated carbocycles. The van der Waals surface area contributed by atoms with Crippen LogP contribution in [0.15, 0.2) is 18.2 Å². The lowest BCUT2D eigenvalue weighted by atomic mass is 9.80. The lowest BCUT2D eigenvalue weighted by molar-refractivity contribution is 0.0962. The Bertz CT molecular complexity index is 433. The number of para-hydroxylation sites is 1. The summed E-state index contributed by atoms with van der Waals surface area (Å²) < 4.78 is 12.0. The first-order valence-electron chi connectivity index (χ1n) is 7.63. The summed E-state index contributed by atoms with van der Waals surface area (Å²) in [4.78, 5) is 0. The molecule has 2 rings (SSSR count). The Morgan fingerprint density at radius 3 is 2.65 bits per heavy atom. The van der Waals surface area contributed by atoms with Gasteiger partial charge in [0.1, 0.15) is 0 Å². The van der Waals surface area contributed by atoms with Gasteiger partial charge in [-0.25, -0.2) is 0 Å². The molecular formula is C17H25BrO2. The molecule has 2 nitrogen and oxygen atoms in total. The minimum absolute atomic E-state index is 0.320. The molecule has 0 bridgehead atoms. The molecule has 1 aromatic rings. The van der Waals surface area contributed by atoms with Crippen LogP contribution in [0.1, 0.15) is 45.6 Å². The molecule has 0 aromatic heterocycles. The molecule has 0 N–H and O–H groups in total. The van der Waals surface area contributed by atoms with Crippen molar-refractivity contribution < 1.29 is 9.47 Å². The quantitative estimate of drug-likeness (QED) is 0.687. The van der Waals surface area contributed by atoms with Crippen molar-refractivity contribution in [3.05, 3.63) is 23.8 Å². The number of rotatable bonds is 5. The molecule has 0 heterocycles. The molecular weight excluding hydrogens is 316 g/mol. The molecule has 0 radical (unpaired) electrons. The lowest BCUT2D eigenvalue weighted by Crippen LogP contribution is -2.29. The smallest absolute Gasteiger partial charge is 0.165 e. The summed E-state index contributed by atoms with van der Waals surface area (Å²) in [6.45, 7) is 7.36. The van der Waals surface area contributed by atoms with E-state index in [1.807, 2.05) is 19.1 Å². The third kappa shape index (κ3) is 3.69. The van der Waals surface area contributed by atoms with Crippen LogP contribution in [0.2, 0.25) is 0 Å². The molecule has 0 saturated heterocycles. The monoisotopic (exact) mass is 340 g/mol. The van der Waals surface area contributed by atoms with Gasteiger partial charge in [0.15, 0.2) is 11.5 Å². The highest BCUT2D eigenvalue weighted by Gasteiger charge is 2.27. The van der Waals surface area contributed by atoms with Gasteiger partial charge in [0.25, 0.3) is 0 Å². The average molecular weight is 341 g/mol. The third-order valence-corrected chi connectivity index (χ3v) is 4.94. The van der Waals surface area contributed by atoms with Crippen molar-refractivity contribution in [2.24, 2.45) is 11.8 Å². The van der Waals surface area contributed by atoms with Gasteiger partial charge in [-0.05, 0) is 44.1 Å². The molecule has 1 fully saturated rings. The van der Waals surface area contributed by atoms with Gasteiger partial charge in [0.2, 0.25) is 0 Å². The summed E-state index contributed by atoms with van der Waals surface area (Å²) in [6, 6.07) is 6.13. The normalized spacial score (nSPS) is 26.3. The standard InChI is InChI=1S/C17H25BrO2/c1-4-19-16-7-5-6-14(11-18)17(16)20-15-9-8-12(2)13(3)10-15/h5-7,12-13,15H,4,8-11H2,1-3H3. The maximum Gasteiger partial charge on any atom is 0.165 e. The van der Waals surface area contributed by atoms with E-state index in [1.54, 1.807) is 0 Å². The zero-order valence-corrected chi connectivity index (χ0v) is 14.3. The van der Waals surface area contributed by atoms with Crippen molar-refractivity contribution >= 4 is 15.9 Å². The molecule has 3 heteroatoms. The summed E-state index contributed by atoms with van der Waals surface area (Å²) in [7, 11) is 0. The fourth-order valence-corrected chi connectivity index (χ4v) is 3.28. The summed E-state index contributed by atoms with van der Waals surface area (Å²) in [5, 5.41) is 0.794. The molecule has 112 valence electrons. The lowest BCUT2D eigenvalue weighted by Gasteiger charge is -2.33. The van der Waals surface area contributed by atoms with Crippen molar-refractivity contribution in [2.75, 3.05) is 6.61 Å². The molecule has 0 aliphatic heterocycles. The van der Waals surface area contributed by atoms with E-state index in [2.05, 4.69) is 35.8 Å². The van der Waals surface area contributed by atoms with Gasteiger partial charge < -0.3 is 9.47 Å². The summed E-state index contributed by atoms with van der Waals surface area (Å²) in [6.07, 6.45) is 3.86. The Morgan fingerprint density at radius 2 is 2.00 bits per heavy atom. The maximum atomic E-state index is 6.32. The van der Waals surface area contributed by atoms with E-state index in [1.165, 1.54) is 12.0 Å². The zero-order valence-electron chi connectivity index (χ0n) is 12.7. The number of hydrogen-bond acceptors (Lipinski definition) is 2. The van der Waals surface area contributed by atoms with Crippen LogP contribution in [0.25, 0.3) is 0 Å². The summed E-state index contributed by atoms with van der Waals surface area (Å²) in [5.41, 5.74) is 1.17. The Morgan fingerprint density at radius 1 is 1.20 bits per heavy atom. The number of ether oxygens (including phenoxy) is 2. The van der Waals surface area contributed by atoms with Crippen LogP contribution in [0.3, 0.4) is 0 Å². The largest absolute Gasteiger partial charge is 0.490 e. The van der Waals surface area contributed by atoms with Crippen LogP contribution in [0.5, 0.6) is 11.5 Å². The van der Waals surface area contributed by atoms with Crippen LogP contribution in [-0.4, -0.2) is 12.7 Å². The molecule has 20 heavy (non-hydrogen) atoms. The van der Waals surface area contributed by atoms with E-state index in [0.717, 1.165) is 41.5 Å². The van der Waals surface area contributed by atoms with Crippen LogP contribution in [0, 0.1) is 11.8 Å². The van der Waals surface area contributed by atoms with Crippen molar-refractivity contribution in [3.63, 3.8) is 0 Å². The van der Waals surface area contributed by atoms with Crippen LogP contribution >= 0.6 is 15.9 Å². The van der Waals surface area contributed by atoms with Gasteiger partial charge in [0, 0.05) is 10.9 Å². The average Bonchev–Trinajstić information content (AvgIpc) is 2.45. The Kier molecular flexibility index (Phi) is 5.76. The fraction of sp³-hybridized carbons (Fsp3) is 0.647. The molecule has 1 aliphatic carbocycles. The van der Waals surface area contributed by atoms with Gasteiger partial charge in [-0.1, -0.05) is 41.9 Å². The predicted octanol–water partition coefficient (Wildman–Crippen LogP) is 5.18. The van der Waals surface area contributed by atoms with Crippen molar-refractivity contribution in [2.45, 2.75) is 51.5 Å². The molecule has 1 aromatic carbocycles. The number of hydrogen-bond donors (Lipinski definition) is 0. The molecule has 0 amide bonds. The van der Waals surface area contributed by atoms with Crippen molar-refractivity contribution in [3.8, 4) is 11.5 Å². The van der Waals surface area contributed by atoms with Crippen LogP contribution < -0.4 is 9.47 Å². The second kappa shape index (κ2) is 7.35. The second-order valence-corrected chi connectivity index (χ2v) is 6.38. The van der Waals surface area contributed by atoms with E-state index in [4.69, 9.17) is 9.47 Å². The molecule has 1 aliphatic rings. The third-order valence-electron chi connectivity index (χ3n) is 4.34. The van der Waals surface area contributed by atoms with Gasteiger partial charge in [-0.2, -0.15) is 0 Å². The topological polar surface area (TPSA) is 18.5 Å². The van der Waals surface area contributed by atoms with E-state index in [9.17, 15) is 0 Å². The zero-order chi connectivity index (χ0) is 14.5. The number of benzene rings is 1. The first-order chi connectivity index (χ1) is 9.65. The first-order valence-corrected chi connectivity index (χ1v) is 8.75. The van der Waals surface area contributed by atoms with E-state index >= 15 is 0 Å². The highest BCUT2D eigenvalue weighted by Crippen LogP contribution is 2.37. The molecule has 0 spiro atoms. The highest BCUT2D eigenvalue weighted by atomic mass is 79.9. The SMILES string of the molecule is CCOc1cccc(CBr)c1OC1CCC(C)C(C)C1. The minimum atomic E-state index is 0.320. The van der Waals surface area contributed by atoms with Crippen molar-refractivity contribution in [1.29, 1.82) is 0 Å². The molecule has 3 unspecified atom stereocenters. The van der Waals surface area contributed by atoms with E-state index in [-0.39, 0.29) is 0 Å². The fourth-order valence-electron chi connectivity index (χ4n) is 2.84. The predicted molar refractivity (Wildman–Crippen MR) is 86.8 cm³/mol. The second-order valence-electron chi connectivity index (χ2n) is 5.82. The van der Waals surface area contributed by atoms with Crippen LogP contribution in [0.4, 0.5) is 0 Å². The Balaban J connectivity index is 2.15. The van der Waals surface area contributed by atoms with Crippen molar-refractivity contribution in [1.82, 2.24) is 0 Å². The number of alkyl halides is 1. The number of halogens is 1. The summed E-state index contributed by atoms with van der Waals surface area (Å²) >= 11 is 3.54. The van der Waals surface area contributed by atoms with Gasteiger partial charge in [-0.3, -0.25) is 0 Å². The van der Waals surface area contributed by atoms with Crippen LogP contribution in [-0.2, 0) is 5.33 Å². The molecule has 3 atom stereocenters. The summed E-state index contributed by atoms with van der Waals surface area (Å²) in [5.74, 6) is 3.35. The Labute approximate surface area is 131 Å². The van der Waals surface area contributed by atoms with Gasteiger partial charge in [-0.15, -0.1) is 0 Å².